The molecule has 2 aromatic rings. The van der Waals surface area contributed by atoms with Crippen molar-refractivity contribution in [3.05, 3.63) is 64.9 Å². The van der Waals surface area contributed by atoms with Crippen LogP contribution in [0.4, 0.5) is 14.9 Å². The van der Waals surface area contributed by atoms with Crippen LogP contribution in [0, 0.1) is 11.7 Å². The van der Waals surface area contributed by atoms with Crippen LogP contribution >= 0.6 is 11.6 Å². The maximum Gasteiger partial charge on any atom is 0.321 e. The van der Waals surface area contributed by atoms with Crippen LogP contribution in [0.5, 0.6) is 0 Å². The van der Waals surface area contributed by atoms with Crippen molar-refractivity contribution in [2.75, 3.05) is 31.5 Å². The lowest BCUT2D eigenvalue weighted by atomic mass is 9.97. The van der Waals surface area contributed by atoms with Gasteiger partial charge >= 0.3 is 6.03 Å². The number of carbonyl (C=O) groups excluding carboxylic acids is 3. The number of nitrogens with zero attached hydrogens (tertiary/aromatic N) is 2. The van der Waals surface area contributed by atoms with Gasteiger partial charge in [0.25, 0.3) is 5.91 Å². The minimum Gasteiger partial charge on any atom is -0.340 e. The lowest BCUT2D eigenvalue weighted by Gasteiger charge is -2.37. The Morgan fingerprint density at radius 3 is 2.33 bits per heavy atom. The summed E-state index contributed by atoms with van der Waals surface area (Å²) in [6.45, 7) is 5.27. The molecule has 0 radical (unpaired) electrons. The molecule has 2 unspecified atom stereocenters. The highest BCUT2D eigenvalue weighted by Gasteiger charge is 2.33. The Hall–Kier alpha value is -3.13. The highest BCUT2D eigenvalue weighted by molar-refractivity contribution is 6.30. The third kappa shape index (κ3) is 6.44. The molecule has 33 heavy (non-hydrogen) atoms. The number of hydrogen-bond acceptors (Lipinski definition) is 3. The SMILES string of the molecule is CCC(C)C(NC(=O)c1cccc(F)c1)C(=O)N1CCN(C(=O)Nc2cccc(Cl)c2)CC1. The number of halogens is 2. The van der Waals surface area contributed by atoms with Gasteiger partial charge in [0.2, 0.25) is 5.91 Å². The van der Waals surface area contributed by atoms with Gasteiger partial charge in [0.1, 0.15) is 11.9 Å². The summed E-state index contributed by atoms with van der Waals surface area (Å²) in [5.41, 5.74) is 0.765. The lowest BCUT2D eigenvalue weighted by molar-refractivity contribution is -0.135. The van der Waals surface area contributed by atoms with Gasteiger partial charge < -0.3 is 20.4 Å². The maximum atomic E-state index is 13.5. The number of amides is 4. The number of benzene rings is 2. The minimum atomic E-state index is -0.738. The van der Waals surface area contributed by atoms with Crippen LogP contribution in [0.15, 0.2) is 48.5 Å². The quantitative estimate of drug-likeness (QED) is 0.664. The van der Waals surface area contributed by atoms with E-state index in [1.807, 2.05) is 13.8 Å². The summed E-state index contributed by atoms with van der Waals surface area (Å²) in [5.74, 6) is -1.32. The fraction of sp³-hybridized carbons (Fsp3) is 0.375. The molecular formula is C24H28ClFN4O3. The highest BCUT2D eigenvalue weighted by Crippen LogP contribution is 2.17. The first kappa shape index (κ1) is 24.5. The van der Waals surface area contributed by atoms with E-state index < -0.39 is 17.8 Å². The first-order chi connectivity index (χ1) is 15.8. The highest BCUT2D eigenvalue weighted by atomic mass is 35.5. The van der Waals surface area contributed by atoms with Crippen LogP contribution in [0.2, 0.25) is 5.02 Å². The summed E-state index contributed by atoms with van der Waals surface area (Å²) >= 11 is 5.96. The molecule has 4 amide bonds. The van der Waals surface area contributed by atoms with Gasteiger partial charge in [-0.3, -0.25) is 9.59 Å². The van der Waals surface area contributed by atoms with E-state index in [1.54, 1.807) is 34.1 Å². The van der Waals surface area contributed by atoms with E-state index in [-0.39, 0.29) is 23.4 Å². The zero-order chi connectivity index (χ0) is 24.0. The van der Waals surface area contributed by atoms with E-state index in [2.05, 4.69) is 10.6 Å². The summed E-state index contributed by atoms with van der Waals surface area (Å²) in [4.78, 5) is 41.7. The largest absolute Gasteiger partial charge is 0.340 e. The van der Waals surface area contributed by atoms with Crippen LogP contribution in [0.3, 0.4) is 0 Å². The predicted molar refractivity (Wildman–Crippen MR) is 126 cm³/mol. The Balaban J connectivity index is 1.60. The molecule has 2 aromatic carbocycles. The van der Waals surface area contributed by atoms with Crippen molar-refractivity contribution >= 4 is 35.1 Å². The smallest absolute Gasteiger partial charge is 0.321 e. The van der Waals surface area contributed by atoms with Crippen molar-refractivity contribution < 1.29 is 18.8 Å². The zero-order valence-corrected chi connectivity index (χ0v) is 19.4. The molecule has 7 nitrogen and oxygen atoms in total. The molecule has 2 atom stereocenters. The molecule has 0 aliphatic carbocycles. The Bertz CT molecular complexity index is 1010. The van der Waals surface area contributed by atoms with Crippen LogP contribution in [0.1, 0.15) is 30.6 Å². The maximum absolute atomic E-state index is 13.5. The second kappa shape index (κ2) is 11.1. The van der Waals surface area contributed by atoms with E-state index in [9.17, 15) is 18.8 Å². The van der Waals surface area contributed by atoms with Crippen molar-refractivity contribution in [2.24, 2.45) is 5.92 Å². The number of piperazine rings is 1. The van der Waals surface area contributed by atoms with Gasteiger partial charge in [0.15, 0.2) is 0 Å². The number of carbonyl (C=O) groups is 3. The number of rotatable bonds is 6. The van der Waals surface area contributed by atoms with E-state index in [0.717, 1.165) is 6.07 Å². The topological polar surface area (TPSA) is 81.8 Å². The third-order valence-electron chi connectivity index (χ3n) is 5.81. The second-order valence-corrected chi connectivity index (χ2v) is 8.54. The Morgan fingerprint density at radius 2 is 1.70 bits per heavy atom. The molecule has 1 aliphatic heterocycles. The minimum absolute atomic E-state index is 0.112. The van der Waals surface area contributed by atoms with Crippen molar-refractivity contribution in [1.82, 2.24) is 15.1 Å². The van der Waals surface area contributed by atoms with Crippen LogP contribution in [-0.4, -0.2) is 59.9 Å². The average Bonchev–Trinajstić information content (AvgIpc) is 2.81. The molecule has 2 N–H and O–H groups in total. The monoisotopic (exact) mass is 474 g/mol. The van der Waals surface area contributed by atoms with Gasteiger partial charge in [0, 0.05) is 42.5 Å². The van der Waals surface area contributed by atoms with Crippen LogP contribution in [-0.2, 0) is 4.79 Å². The molecule has 0 bridgehead atoms. The summed E-state index contributed by atoms with van der Waals surface area (Å²) in [6, 6.07) is 11.3. The number of nitrogens with one attached hydrogen (secondary N) is 2. The molecule has 0 saturated carbocycles. The third-order valence-corrected chi connectivity index (χ3v) is 6.04. The Kier molecular flexibility index (Phi) is 8.27. The van der Waals surface area contributed by atoms with Gasteiger partial charge in [0.05, 0.1) is 0 Å². The molecule has 1 heterocycles. The molecule has 9 heteroatoms. The molecule has 0 aromatic heterocycles. The summed E-state index contributed by atoms with van der Waals surface area (Å²) < 4.78 is 13.5. The zero-order valence-electron chi connectivity index (χ0n) is 18.7. The van der Waals surface area contributed by atoms with Gasteiger partial charge in [-0.05, 0) is 42.3 Å². The molecular weight excluding hydrogens is 447 g/mol. The fourth-order valence-electron chi connectivity index (χ4n) is 3.63. The van der Waals surface area contributed by atoms with Crippen molar-refractivity contribution in [3.63, 3.8) is 0 Å². The predicted octanol–water partition coefficient (Wildman–Crippen LogP) is 4.00. The van der Waals surface area contributed by atoms with Gasteiger partial charge in [-0.25, -0.2) is 9.18 Å². The first-order valence-corrected chi connectivity index (χ1v) is 11.3. The number of urea groups is 1. The number of anilines is 1. The van der Waals surface area contributed by atoms with Crippen molar-refractivity contribution in [2.45, 2.75) is 26.3 Å². The van der Waals surface area contributed by atoms with E-state index in [4.69, 9.17) is 11.6 Å². The molecule has 0 spiro atoms. The standard InChI is InChI=1S/C24H28ClFN4O3/c1-3-16(2)21(28-22(31)17-6-4-8-19(26)14-17)23(32)29-10-12-30(13-11-29)24(33)27-20-9-5-7-18(25)15-20/h4-9,14-16,21H,3,10-13H2,1-2H3,(H,27,33)(H,28,31). The summed E-state index contributed by atoms with van der Waals surface area (Å²) in [6.07, 6.45) is 0.682. The average molecular weight is 475 g/mol. The van der Waals surface area contributed by atoms with Crippen molar-refractivity contribution in [3.8, 4) is 0 Å². The summed E-state index contributed by atoms with van der Waals surface area (Å²) in [7, 11) is 0. The van der Waals surface area contributed by atoms with E-state index in [1.165, 1.54) is 18.2 Å². The molecule has 1 fully saturated rings. The Morgan fingerprint density at radius 1 is 1.03 bits per heavy atom. The number of hydrogen-bond donors (Lipinski definition) is 2. The first-order valence-electron chi connectivity index (χ1n) is 10.9. The second-order valence-electron chi connectivity index (χ2n) is 8.10. The normalized spacial score (nSPS) is 15.5. The van der Waals surface area contributed by atoms with E-state index >= 15 is 0 Å². The molecule has 176 valence electrons. The van der Waals surface area contributed by atoms with Gasteiger partial charge in [-0.1, -0.05) is 44.0 Å². The van der Waals surface area contributed by atoms with E-state index in [0.29, 0.717) is 43.3 Å². The van der Waals surface area contributed by atoms with Gasteiger partial charge in [-0.2, -0.15) is 0 Å². The van der Waals surface area contributed by atoms with Crippen LogP contribution in [0.25, 0.3) is 0 Å². The lowest BCUT2D eigenvalue weighted by Crippen LogP contribution is -2.57. The summed E-state index contributed by atoms with van der Waals surface area (Å²) in [5, 5.41) is 6.11. The fourth-order valence-corrected chi connectivity index (χ4v) is 3.82. The molecule has 3 rings (SSSR count). The molecule has 1 saturated heterocycles. The van der Waals surface area contributed by atoms with Crippen LogP contribution < -0.4 is 10.6 Å². The van der Waals surface area contributed by atoms with Crippen molar-refractivity contribution in [1.29, 1.82) is 0 Å². The Labute approximate surface area is 197 Å². The van der Waals surface area contributed by atoms with Gasteiger partial charge in [-0.15, -0.1) is 0 Å². The molecule has 1 aliphatic rings.